The molecule has 2 atom stereocenters. The van der Waals surface area contributed by atoms with Gasteiger partial charge in [-0.15, -0.1) is 0 Å². The van der Waals surface area contributed by atoms with E-state index in [4.69, 9.17) is 0 Å². The molecule has 0 aliphatic heterocycles. The summed E-state index contributed by atoms with van der Waals surface area (Å²) in [5.41, 5.74) is 0. The van der Waals surface area contributed by atoms with Crippen LogP contribution in [0.15, 0.2) is 0 Å². The van der Waals surface area contributed by atoms with Gasteiger partial charge >= 0.3 is 0 Å². The fraction of sp³-hybridized carbons (Fsp3) is 0.889. The fourth-order valence-electron chi connectivity index (χ4n) is 0.904. The Balaban J connectivity index is 3.57. The van der Waals surface area contributed by atoms with Gasteiger partial charge in [-0.2, -0.15) is 11.8 Å². The average Bonchev–Trinajstić information content (AvgIpc) is 2.13. The van der Waals surface area contributed by atoms with Crippen molar-refractivity contribution < 1.29 is 9.90 Å². The van der Waals surface area contributed by atoms with E-state index in [9.17, 15) is 9.90 Å². The number of rotatable bonds is 6. The molecular weight excluding hydrogens is 186 g/mol. The van der Waals surface area contributed by atoms with Crippen molar-refractivity contribution >= 4 is 17.7 Å². The van der Waals surface area contributed by atoms with Crippen LogP contribution in [0, 0.1) is 0 Å². The van der Waals surface area contributed by atoms with Crippen molar-refractivity contribution in [3.05, 3.63) is 0 Å². The van der Waals surface area contributed by atoms with E-state index in [0.717, 1.165) is 12.8 Å². The van der Waals surface area contributed by atoms with E-state index in [1.54, 1.807) is 0 Å². The first-order chi connectivity index (χ1) is 6.11. The number of amides is 1. The maximum absolute atomic E-state index is 11.2. The van der Waals surface area contributed by atoms with Crippen LogP contribution >= 0.6 is 11.8 Å². The van der Waals surface area contributed by atoms with E-state index in [1.807, 2.05) is 20.1 Å². The maximum Gasteiger partial charge on any atom is 0.232 e. The van der Waals surface area contributed by atoms with E-state index >= 15 is 0 Å². The molecule has 3 nitrogen and oxygen atoms in total. The third-order valence-electron chi connectivity index (χ3n) is 1.86. The first kappa shape index (κ1) is 12.8. The molecule has 0 aliphatic rings. The lowest BCUT2D eigenvalue weighted by Crippen LogP contribution is -2.36. The highest BCUT2D eigenvalue weighted by atomic mass is 32.2. The predicted octanol–water partition coefficient (Wildman–Crippen LogP) is 1.02. The maximum atomic E-state index is 11.2. The van der Waals surface area contributed by atoms with E-state index in [0.29, 0.717) is 6.54 Å². The number of aliphatic hydroxyl groups excluding tert-OH is 1. The summed E-state index contributed by atoms with van der Waals surface area (Å²) < 4.78 is 0. The van der Waals surface area contributed by atoms with E-state index in [1.165, 1.54) is 11.8 Å². The van der Waals surface area contributed by atoms with Crippen LogP contribution in [0.5, 0.6) is 0 Å². The highest BCUT2D eigenvalue weighted by Gasteiger charge is 2.11. The van der Waals surface area contributed by atoms with Gasteiger partial charge in [-0.1, -0.05) is 13.3 Å². The number of aliphatic hydroxyl groups is 1. The summed E-state index contributed by atoms with van der Waals surface area (Å²) in [7, 11) is 0. The van der Waals surface area contributed by atoms with E-state index in [-0.39, 0.29) is 11.2 Å². The molecule has 0 radical (unpaired) electrons. The molecule has 0 spiro atoms. The Kier molecular flexibility index (Phi) is 7.09. The van der Waals surface area contributed by atoms with Gasteiger partial charge in [0.2, 0.25) is 5.91 Å². The fourth-order valence-corrected chi connectivity index (χ4v) is 1.20. The Bertz CT molecular complexity index is 153. The van der Waals surface area contributed by atoms with Gasteiger partial charge < -0.3 is 10.4 Å². The minimum absolute atomic E-state index is 0.00246. The second kappa shape index (κ2) is 7.21. The summed E-state index contributed by atoms with van der Waals surface area (Å²) in [4.78, 5) is 11.2. The largest absolute Gasteiger partial charge is 0.391 e. The molecular formula is C9H19NO2S. The lowest BCUT2D eigenvalue weighted by Gasteiger charge is -2.13. The summed E-state index contributed by atoms with van der Waals surface area (Å²) in [6.45, 7) is 4.24. The lowest BCUT2D eigenvalue weighted by molar-refractivity contribution is -0.120. The molecule has 0 rings (SSSR count). The van der Waals surface area contributed by atoms with Crippen molar-refractivity contribution in [3.63, 3.8) is 0 Å². The van der Waals surface area contributed by atoms with E-state index < -0.39 is 6.10 Å². The topological polar surface area (TPSA) is 49.3 Å². The quantitative estimate of drug-likeness (QED) is 0.680. The zero-order chi connectivity index (χ0) is 10.3. The van der Waals surface area contributed by atoms with Gasteiger partial charge in [0.1, 0.15) is 0 Å². The molecule has 0 aromatic rings. The van der Waals surface area contributed by atoms with E-state index in [2.05, 4.69) is 5.32 Å². The second-order valence-electron chi connectivity index (χ2n) is 3.07. The second-order valence-corrected chi connectivity index (χ2v) is 4.24. The number of nitrogens with one attached hydrogen (secondary N) is 1. The molecule has 0 aromatic heterocycles. The minimum Gasteiger partial charge on any atom is -0.391 e. The number of hydrogen-bond acceptors (Lipinski definition) is 3. The summed E-state index contributed by atoms with van der Waals surface area (Å²) >= 11 is 1.50. The Morgan fingerprint density at radius 1 is 1.62 bits per heavy atom. The van der Waals surface area contributed by atoms with Gasteiger partial charge in [0, 0.05) is 6.54 Å². The molecule has 0 heterocycles. The molecule has 0 saturated carbocycles. The number of carbonyl (C=O) groups is 1. The van der Waals surface area contributed by atoms with Crippen LogP contribution in [0.3, 0.4) is 0 Å². The van der Waals surface area contributed by atoms with Crippen LogP contribution in [0.1, 0.15) is 26.7 Å². The molecule has 0 bridgehead atoms. The molecule has 0 fully saturated rings. The standard InChI is InChI=1S/C9H19NO2S/c1-4-5-8(11)6-10-9(12)7(2)13-3/h7-8,11H,4-6H2,1-3H3,(H,10,12). The van der Waals surface area contributed by atoms with Crippen LogP contribution in [0.25, 0.3) is 0 Å². The highest BCUT2D eigenvalue weighted by molar-refractivity contribution is 7.99. The molecule has 2 unspecified atom stereocenters. The van der Waals surface area contributed by atoms with Crippen molar-refractivity contribution in [1.29, 1.82) is 0 Å². The Labute approximate surface area is 84.3 Å². The van der Waals surface area contributed by atoms with Crippen LogP contribution in [-0.4, -0.2) is 35.2 Å². The Morgan fingerprint density at radius 2 is 2.23 bits per heavy atom. The molecule has 13 heavy (non-hydrogen) atoms. The van der Waals surface area contributed by atoms with Crippen LogP contribution in [-0.2, 0) is 4.79 Å². The minimum atomic E-state index is -0.400. The van der Waals surface area contributed by atoms with Gasteiger partial charge in [0.15, 0.2) is 0 Å². The SMILES string of the molecule is CCCC(O)CNC(=O)C(C)SC. The first-order valence-corrected chi connectivity index (χ1v) is 5.89. The van der Waals surface area contributed by atoms with Crippen molar-refractivity contribution in [3.8, 4) is 0 Å². The summed E-state index contributed by atoms with van der Waals surface area (Å²) in [5, 5.41) is 12.0. The van der Waals surface area contributed by atoms with Gasteiger partial charge in [-0.3, -0.25) is 4.79 Å². The van der Waals surface area contributed by atoms with Gasteiger partial charge in [-0.25, -0.2) is 0 Å². The smallest absolute Gasteiger partial charge is 0.232 e. The molecule has 2 N–H and O–H groups in total. The zero-order valence-electron chi connectivity index (χ0n) is 8.54. The Hall–Kier alpha value is -0.220. The molecule has 1 amide bonds. The highest BCUT2D eigenvalue weighted by Crippen LogP contribution is 2.04. The van der Waals surface area contributed by atoms with Gasteiger partial charge in [0.05, 0.1) is 11.4 Å². The number of hydrogen-bond donors (Lipinski definition) is 2. The van der Waals surface area contributed by atoms with Crippen molar-refractivity contribution in [2.75, 3.05) is 12.8 Å². The molecule has 78 valence electrons. The summed E-state index contributed by atoms with van der Waals surface area (Å²) in [6, 6.07) is 0. The number of thioether (sulfide) groups is 1. The van der Waals surface area contributed by atoms with Crippen molar-refractivity contribution in [1.82, 2.24) is 5.32 Å². The lowest BCUT2D eigenvalue weighted by atomic mass is 10.2. The van der Waals surface area contributed by atoms with Crippen molar-refractivity contribution in [2.45, 2.75) is 38.0 Å². The van der Waals surface area contributed by atoms with Crippen LogP contribution < -0.4 is 5.32 Å². The third-order valence-corrected chi connectivity index (χ3v) is 2.78. The molecule has 4 heteroatoms. The van der Waals surface area contributed by atoms with Gasteiger partial charge in [0.25, 0.3) is 0 Å². The first-order valence-electron chi connectivity index (χ1n) is 4.60. The summed E-state index contributed by atoms with van der Waals surface area (Å²) in [5.74, 6) is 0.00246. The van der Waals surface area contributed by atoms with Crippen molar-refractivity contribution in [2.24, 2.45) is 0 Å². The molecule has 0 saturated heterocycles. The molecule has 0 aliphatic carbocycles. The monoisotopic (exact) mass is 205 g/mol. The van der Waals surface area contributed by atoms with Crippen LogP contribution in [0.4, 0.5) is 0 Å². The average molecular weight is 205 g/mol. The molecule has 0 aromatic carbocycles. The zero-order valence-corrected chi connectivity index (χ0v) is 9.36. The normalized spacial score (nSPS) is 15.1. The Morgan fingerprint density at radius 3 is 2.69 bits per heavy atom. The third kappa shape index (κ3) is 5.93. The van der Waals surface area contributed by atoms with Crippen LogP contribution in [0.2, 0.25) is 0 Å². The summed E-state index contributed by atoms with van der Waals surface area (Å²) in [6.07, 6.45) is 3.18. The predicted molar refractivity (Wildman–Crippen MR) is 56.9 cm³/mol. The van der Waals surface area contributed by atoms with Gasteiger partial charge in [-0.05, 0) is 19.6 Å². The number of carbonyl (C=O) groups excluding carboxylic acids is 1.